The minimum Gasteiger partial charge on any atom is -0.303 e. The zero-order valence-electron chi connectivity index (χ0n) is 11.6. The molecule has 0 unspecified atom stereocenters. The van der Waals surface area contributed by atoms with Gasteiger partial charge >= 0.3 is 0 Å². The molecule has 100 valence electrons. The summed E-state index contributed by atoms with van der Waals surface area (Å²) in [5, 5.41) is 1.30. The second-order valence-electron chi connectivity index (χ2n) is 4.99. The molecule has 0 atom stereocenters. The highest BCUT2D eigenvalue weighted by atomic mass is 32.1. The van der Waals surface area contributed by atoms with Crippen LogP contribution >= 0.6 is 11.3 Å². The van der Waals surface area contributed by atoms with E-state index in [1.807, 2.05) is 11.3 Å². The van der Waals surface area contributed by atoms with Crippen LogP contribution in [0.25, 0.3) is 11.3 Å². The third-order valence-corrected chi connectivity index (χ3v) is 5.02. The van der Waals surface area contributed by atoms with Crippen LogP contribution in [0.2, 0.25) is 0 Å². The van der Waals surface area contributed by atoms with Gasteiger partial charge in [0.15, 0.2) is 0 Å². The Kier molecular flexibility index (Phi) is 3.67. The van der Waals surface area contributed by atoms with Crippen molar-refractivity contribution in [3.8, 4) is 11.3 Å². The predicted molar refractivity (Wildman–Crippen MR) is 81.8 cm³/mol. The summed E-state index contributed by atoms with van der Waals surface area (Å²) in [6.07, 6.45) is 2.16. The van der Waals surface area contributed by atoms with Gasteiger partial charge in [-0.15, -0.1) is 11.3 Å². The number of hydrogen-bond donors (Lipinski definition) is 0. The van der Waals surface area contributed by atoms with Crippen LogP contribution in [0.5, 0.6) is 0 Å². The van der Waals surface area contributed by atoms with Gasteiger partial charge in [-0.3, -0.25) is 0 Å². The Hall–Kier alpha value is -1.19. The van der Waals surface area contributed by atoms with Gasteiger partial charge in [0.1, 0.15) is 0 Å². The van der Waals surface area contributed by atoms with Crippen molar-refractivity contribution in [3.05, 3.63) is 39.7 Å². The van der Waals surface area contributed by atoms with Crippen LogP contribution in [-0.4, -0.2) is 29.5 Å². The molecule has 0 N–H and O–H groups in total. The predicted octanol–water partition coefficient (Wildman–Crippen LogP) is 3.60. The van der Waals surface area contributed by atoms with Gasteiger partial charge in [-0.2, -0.15) is 0 Å². The third-order valence-electron chi connectivity index (χ3n) is 3.90. The van der Waals surface area contributed by atoms with Crippen molar-refractivity contribution in [2.45, 2.75) is 26.7 Å². The van der Waals surface area contributed by atoms with Crippen molar-refractivity contribution in [1.82, 2.24) is 9.88 Å². The Labute approximate surface area is 119 Å². The Bertz CT molecular complexity index is 570. The fourth-order valence-corrected chi connectivity index (χ4v) is 3.80. The van der Waals surface area contributed by atoms with E-state index in [1.54, 1.807) is 0 Å². The zero-order chi connectivity index (χ0) is 13.2. The Balaban J connectivity index is 1.75. The molecule has 1 aromatic carbocycles. The number of aromatic nitrogens is 1. The molecule has 0 saturated heterocycles. The lowest BCUT2D eigenvalue weighted by Gasteiger charge is -2.16. The van der Waals surface area contributed by atoms with E-state index in [1.165, 1.54) is 26.7 Å². The summed E-state index contributed by atoms with van der Waals surface area (Å²) in [5.74, 6) is 0. The van der Waals surface area contributed by atoms with E-state index in [9.17, 15) is 0 Å². The van der Waals surface area contributed by atoms with Gasteiger partial charge in [0.25, 0.3) is 0 Å². The van der Waals surface area contributed by atoms with Crippen molar-refractivity contribution in [1.29, 1.82) is 0 Å². The first-order chi connectivity index (χ1) is 9.31. The summed E-state index contributed by atoms with van der Waals surface area (Å²) in [7, 11) is 0. The summed E-state index contributed by atoms with van der Waals surface area (Å²) < 4.78 is 0. The molecule has 0 aliphatic heterocycles. The van der Waals surface area contributed by atoms with Crippen LogP contribution in [0.4, 0.5) is 0 Å². The molecule has 0 spiro atoms. The van der Waals surface area contributed by atoms with Gasteiger partial charge in [0.05, 0.1) is 10.7 Å². The van der Waals surface area contributed by atoms with Gasteiger partial charge in [-0.25, -0.2) is 4.98 Å². The minimum atomic E-state index is 1.08. The second-order valence-corrected chi connectivity index (χ2v) is 6.16. The van der Waals surface area contributed by atoms with Crippen LogP contribution in [0.15, 0.2) is 24.3 Å². The quantitative estimate of drug-likeness (QED) is 0.705. The van der Waals surface area contributed by atoms with Crippen molar-refractivity contribution < 1.29 is 0 Å². The molecule has 0 amide bonds. The molecule has 1 aromatic heterocycles. The summed E-state index contributed by atoms with van der Waals surface area (Å²) >= 11 is 1.90. The molecule has 19 heavy (non-hydrogen) atoms. The molecule has 3 rings (SSSR count). The summed E-state index contributed by atoms with van der Waals surface area (Å²) in [6.45, 7) is 7.83. The Morgan fingerprint density at radius 3 is 2.79 bits per heavy atom. The van der Waals surface area contributed by atoms with Crippen LogP contribution in [0.3, 0.4) is 0 Å². The van der Waals surface area contributed by atoms with E-state index in [-0.39, 0.29) is 0 Å². The highest BCUT2D eigenvalue weighted by Crippen LogP contribution is 2.39. The van der Waals surface area contributed by atoms with Gasteiger partial charge < -0.3 is 4.90 Å². The molecular formula is C16H20N2S. The van der Waals surface area contributed by atoms with E-state index >= 15 is 0 Å². The van der Waals surface area contributed by atoms with E-state index < -0.39 is 0 Å². The first-order valence-electron chi connectivity index (χ1n) is 7.11. The van der Waals surface area contributed by atoms with Gasteiger partial charge in [-0.1, -0.05) is 38.1 Å². The van der Waals surface area contributed by atoms with Crippen molar-refractivity contribution in [2.75, 3.05) is 19.6 Å². The van der Waals surface area contributed by atoms with E-state index in [0.717, 1.165) is 32.5 Å². The summed E-state index contributed by atoms with van der Waals surface area (Å²) in [4.78, 5) is 8.78. The number of benzene rings is 1. The van der Waals surface area contributed by atoms with Crippen LogP contribution in [0.1, 0.15) is 29.3 Å². The van der Waals surface area contributed by atoms with Crippen LogP contribution in [0, 0.1) is 0 Å². The standard InChI is InChI=1S/C16H20N2S/c1-3-18(4-2)10-9-15-17-16-13-8-6-5-7-12(13)11-14(16)19-15/h5-8H,3-4,9-11H2,1-2H3. The number of fused-ring (bicyclic) bond motifs is 3. The van der Waals surface area contributed by atoms with Gasteiger partial charge in [0, 0.05) is 29.8 Å². The smallest absolute Gasteiger partial charge is 0.0948 e. The zero-order valence-corrected chi connectivity index (χ0v) is 12.5. The number of likely N-dealkylation sites (N-methyl/N-ethyl adjacent to an activating group) is 1. The van der Waals surface area contributed by atoms with Crippen molar-refractivity contribution in [2.24, 2.45) is 0 Å². The molecule has 1 aliphatic rings. The minimum absolute atomic E-state index is 1.08. The summed E-state index contributed by atoms with van der Waals surface area (Å²) in [5.41, 5.74) is 4.03. The molecule has 1 heterocycles. The molecular weight excluding hydrogens is 252 g/mol. The van der Waals surface area contributed by atoms with E-state index in [0.29, 0.717) is 0 Å². The Morgan fingerprint density at radius 2 is 2.00 bits per heavy atom. The molecule has 2 nitrogen and oxygen atoms in total. The van der Waals surface area contributed by atoms with Crippen molar-refractivity contribution >= 4 is 11.3 Å². The van der Waals surface area contributed by atoms with Gasteiger partial charge in [-0.05, 0) is 18.7 Å². The number of rotatable bonds is 5. The lowest BCUT2D eigenvalue weighted by molar-refractivity contribution is 0.308. The lowest BCUT2D eigenvalue weighted by Crippen LogP contribution is -2.25. The maximum absolute atomic E-state index is 4.86. The number of hydrogen-bond acceptors (Lipinski definition) is 3. The first kappa shape index (κ1) is 12.8. The van der Waals surface area contributed by atoms with Crippen molar-refractivity contribution in [3.63, 3.8) is 0 Å². The molecule has 3 heteroatoms. The molecule has 1 aliphatic carbocycles. The SMILES string of the molecule is CCN(CC)CCc1nc2c(s1)Cc1ccccc1-2. The monoisotopic (exact) mass is 272 g/mol. The van der Waals surface area contributed by atoms with E-state index in [4.69, 9.17) is 4.98 Å². The number of thiazole rings is 1. The third kappa shape index (κ3) is 2.45. The normalized spacial score (nSPS) is 12.8. The average Bonchev–Trinajstić information content (AvgIpc) is 2.97. The largest absolute Gasteiger partial charge is 0.303 e. The van der Waals surface area contributed by atoms with E-state index in [2.05, 4.69) is 43.0 Å². The fraction of sp³-hybridized carbons (Fsp3) is 0.438. The fourth-order valence-electron chi connectivity index (χ4n) is 2.71. The number of nitrogens with zero attached hydrogens (tertiary/aromatic N) is 2. The Morgan fingerprint density at radius 1 is 1.21 bits per heavy atom. The van der Waals surface area contributed by atoms with Crippen LogP contribution < -0.4 is 0 Å². The molecule has 2 aromatic rings. The first-order valence-corrected chi connectivity index (χ1v) is 7.92. The summed E-state index contributed by atoms with van der Waals surface area (Å²) in [6, 6.07) is 8.66. The molecule has 0 saturated carbocycles. The molecule has 0 radical (unpaired) electrons. The highest BCUT2D eigenvalue weighted by molar-refractivity contribution is 7.12. The molecule has 0 bridgehead atoms. The molecule has 0 fully saturated rings. The lowest BCUT2D eigenvalue weighted by atomic mass is 10.1. The van der Waals surface area contributed by atoms with Gasteiger partial charge in [0.2, 0.25) is 0 Å². The highest BCUT2D eigenvalue weighted by Gasteiger charge is 2.22. The second kappa shape index (κ2) is 5.43. The maximum Gasteiger partial charge on any atom is 0.0948 e. The van der Waals surface area contributed by atoms with Crippen LogP contribution in [-0.2, 0) is 12.8 Å². The average molecular weight is 272 g/mol. The maximum atomic E-state index is 4.86. The topological polar surface area (TPSA) is 16.1 Å².